The van der Waals surface area contributed by atoms with Crippen LogP contribution in [0.4, 0.5) is 17.3 Å². The van der Waals surface area contributed by atoms with Crippen LogP contribution in [0.25, 0.3) is 0 Å². The van der Waals surface area contributed by atoms with Crippen LogP contribution in [-0.4, -0.2) is 16.0 Å². The third kappa shape index (κ3) is 3.97. The van der Waals surface area contributed by atoms with Crippen LogP contribution >= 0.6 is 11.6 Å². The molecular weight excluding hydrogens is 340 g/mol. The van der Waals surface area contributed by atoms with E-state index in [9.17, 15) is 4.79 Å². The number of nitrogens with one attached hydrogen (secondary N) is 2. The van der Waals surface area contributed by atoms with Crippen molar-refractivity contribution in [2.45, 2.75) is 20.8 Å². The van der Waals surface area contributed by atoms with Gasteiger partial charge < -0.3 is 15.2 Å². The first-order chi connectivity index (χ1) is 11.9. The highest BCUT2D eigenvalue weighted by Gasteiger charge is 2.11. The Morgan fingerprint density at radius 1 is 1.12 bits per heavy atom. The zero-order valence-electron chi connectivity index (χ0n) is 14.1. The number of aromatic nitrogens is 2. The van der Waals surface area contributed by atoms with Crippen LogP contribution < -0.4 is 10.6 Å². The predicted molar refractivity (Wildman–Crippen MR) is 97.6 cm³/mol. The highest BCUT2D eigenvalue weighted by atomic mass is 35.5. The van der Waals surface area contributed by atoms with E-state index in [0.29, 0.717) is 28.0 Å². The Bertz CT molecular complexity index is 896. The molecule has 6 nitrogen and oxygen atoms in total. The van der Waals surface area contributed by atoms with Crippen molar-refractivity contribution in [3.63, 3.8) is 0 Å². The normalized spacial score (nSPS) is 10.6. The summed E-state index contributed by atoms with van der Waals surface area (Å²) in [5, 5.41) is 10.2. The molecule has 0 saturated heterocycles. The lowest BCUT2D eigenvalue weighted by Gasteiger charge is -2.12. The van der Waals surface area contributed by atoms with Crippen molar-refractivity contribution < 1.29 is 9.32 Å². The fourth-order valence-electron chi connectivity index (χ4n) is 2.42. The molecule has 0 unspecified atom stereocenters. The standard InChI is InChI=1S/C18H17ClN4O2/c1-10-6-11(2)17(14(19)7-10)21-15-5-4-13(9-20-15)18(24)22-16-8-12(3)25-23-16/h4-9H,1-3H3,(H,20,21)(H,22,23,24). The van der Waals surface area contributed by atoms with Gasteiger partial charge in [-0.25, -0.2) is 4.98 Å². The van der Waals surface area contributed by atoms with Crippen molar-refractivity contribution in [2.75, 3.05) is 10.6 Å². The molecule has 3 aromatic rings. The molecule has 7 heteroatoms. The van der Waals surface area contributed by atoms with Crippen LogP contribution in [0.5, 0.6) is 0 Å². The van der Waals surface area contributed by atoms with Gasteiger partial charge >= 0.3 is 0 Å². The Morgan fingerprint density at radius 2 is 1.92 bits per heavy atom. The molecule has 2 N–H and O–H groups in total. The highest BCUT2D eigenvalue weighted by molar-refractivity contribution is 6.33. The average Bonchev–Trinajstić information content (AvgIpc) is 2.96. The second-order valence-electron chi connectivity index (χ2n) is 5.77. The topological polar surface area (TPSA) is 80.0 Å². The van der Waals surface area contributed by atoms with Crippen molar-refractivity contribution in [3.05, 3.63) is 64.0 Å². The number of halogens is 1. The molecule has 25 heavy (non-hydrogen) atoms. The van der Waals surface area contributed by atoms with Gasteiger partial charge in [-0.2, -0.15) is 0 Å². The Hall–Kier alpha value is -2.86. The van der Waals surface area contributed by atoms with Gasteiger partial charge in [0.05, 0.1) is 16.3 Å². The molecule has 0 atom stereocenters. The first-order valence-corrected chi connectivity index (χ1v) is 8.04. The van der Waals surface area contributed by atoms with Crippen molar-refractivity contribution in [1.82, 2.24) is 10.1 Å². The Morgan fingerprint density at radius 3 is 2.52 bits per heavy atom. The fraction of sp³-hybridized carbons (Fsp3) is 0.167. The summed E-state index contributed by atoms with van der Waals surface area (Å²) in [6.45, 7) is 5.72. The summed E-state index contributed by atoms with van der Waals surface area (Å²) in [5.41, 5.74) is 3.33. The molecule has 0 fully saturated rings. The Labute approximate surface area is 150 Å². The maximum absolute atomic E-state index is 12.2. The van der Waals surface area contributed by atoms with Crippen molar-refractivity contribution in [2.24, 2.45) is 0 Å². The van der Waals surface area contributed by atoms with Gasteiger partial charge in [0.2, 0.25) is 0 Å². The van der Waals surface area contributed by atoms with E-state index in [1.54, 1.807) is 25.1 Å². The zero-order chi connectivity index (χ0) is 18.0. The van der Waals surface area contributed by atoms with Crippen LogP contribution in [0.3, 0.4) is 0 Å². The summed E-state index contributed by atoms with van der Waals surface area (Å²) in [5.74, 6) is 1.28. The molecule has 2 heterocycles. The lowest BCUT2D eigenvalue weighted by Crippen LogP contribution is -2.12. The molecule has 2 aromatic heterocycles. The van der Waals surface area contributed by atoms with Crippen LogP contribution in [-0.2, 0) is 0 Å². The van der Waals surface area contributed by atoms with Crippen LogP contribution in [0.2, 0.25) is 5.02 Å². The summed E-state index contributed by atoms with van der Waals surface area (Å²) in [6.07, 6.45) is 1.49. The van der Waals surface area contributed by atoms with Crippen LogP contribution in [0, 0.1) is 20.8 Å². The van der Waals surface area contributed by atoms with E-state index >= 15 is 0 Å². The van der Waals surface area contributed by atoms with E-state index in [4.69, 9.17) is 16.1 Å². The van der Waals surface area contributed by atoms with Crippen molar-refractivity contribution in [3.8, 4) is 0 Å². The summed E-state index contributed by atoms with van der Waals surface area (Å²) in [6, 6.07) is 8.96. The number of pyridine rings is 1. The number of hydrogen-bond donors (Lipinski definition) is 2. The Balaban J connectivity index is 1.73. The highest BCUT2D eigenvalue weighted by Crippen LogP contribution is 2.29. The number of carbonyl (C=O) groups excluding carboxylic acids is 1. The molecule has 0 aliphatic carbocycles. The second kappa shape index (κ2) is 6.94. The van der Waals surface area contributed by atoms with E-state index in [1.165, 1.54) is 6.20 Å². The molecule has 0 saturated carbocycles. The van der Waals surface area contributed by atoms with Gasteiger partial charge in [0.15, 0.2) is 5.82 Å². The number of carbonyl (C=O) groups is 1. The van der Waals surface area contributed by atoms with Crippen molar-refractivity contribution >= 4 is 34.8 Å². The lowest BCUT2D eigenvalue weighted by atomic mass is 10.1. The number of benzene rings is 1. The minimum Gasteiger partial charge on any atom is -0.360 e. The number of rotatable bonds is 4. The van der Waals surface area contributed by atoms with E-state index in [0.717, 1.165) is 16.8 Å². The number of aryl methyl sites for hydroxylation is 3. The van der Waals surface area contributed by atoms with E-state index in [2.05, 4.69) is 20.8 Å². The number of anilines is 3. The Kier molecular flexibility index (Phi) is 4.72. The average molecular weight is 357 g/mol. The smallest absolute Gasteiger partial charge is 0.258 e. The number of amides is 1. The zero-order valence-corrected chi connectivity index (χ0v) is 14.8. The second-order valence-corrected chi connectivity index (χ2v) is 6.18. The molecule has 0 aliphatic rings. The van der Waals surface area contributed by atoms with E-state index < -0.39 is 0 Å². The van der Waals surface area contributed by atoms with Crippen LogP contribution in [0.1, 0.15) is 27.2 Å². The SMILES string of the molecule is Cc1cc(C)c(Nc2ccc(C(=O)Nc3cc(C)on3)cn2)c(Cl)c1. The maximum atomic E-state index is 12.2. The van der Waals surface area contributed by atoms with Gasteiger partial charge in [0.25, 0.3) is 5.91 Å². The van der Waals surface area contributed by atoms with Crippen LogP contribution in [0.15, 0.2) is 41.1 Å². The fourth-order valence-corrected chi connectivity index (χ4v) is 2.79. The summed E-state index contributed by atoms with van der Waals surface area (Å²) in [4.78, 5) is 16.4. The van der Waals surface area contributed by atoms with Gasteiger partial charge in [0, 0.05) is 12.3 Å². The van der Waals surface area contributed by atoms with Gasteiger partial charge in [-0.05, 0) is 50.1 Å². The molecule has 1 aromatic carbocycles. The minimum atomic E-state index is -0.308. The summed E-state index contributed by atoms with van der Waals surface area (Å²) in [7, 11) is 0. The molecule has 0 bridgehead atoms. The van der Waals surface area contributed by atoms with Gasteiger partial charge in [0.1, 0.15) is 11.6 Å². The molecule has 0 spiro atoms. The van der Waals surface area contributed by atoms with E-state index in [1.807, 2.05) is 26.0 Å². The third-order valence-corrected chi connectivity index (χ3v) is 3.88. The first-order valence-electron chi connectivity index (χ1n) is 7.67. The molecule has 128 valence electrons. The lowest BCUT2D eigenvalue weighted by molar-refractivity contribution is 0.102. The largest absolute Gasteiger partial charge is 0.360 e. The molecule has 3 rings (SSSR count). The molecule has 0 aliphatic heterocycles. The van der Waals surface area contributed by atoms with Crippen molar-refractivity contribution in [1.29, 1.82) is 0 Å². The first kappa shape index (κ1) is 17.0. The molecular formula is C18H17ClN4O2. The van der Waals surface area contributed by atoms with Gasteiger partial charge in [-0.1, -0.05) is 22.8 Å². The van der Waals surface area contributed by atoms with Gasteiger partial charge in [-0.3, -0.25) is 4.79 Å². The predicted octanol–water partition coefficient (Wildman–Crippen LogP) is 4.64. The molecule has 0 radical (unpaired) electrons. The monoisotopic (exact) mass is 356 g/mol. The molecule has 1 amide bonds. The quantitative estimate of drug-likeness (QED) is 0.711. The summed E-state index contributed by atoms with van der Waals surface area (Å²) < 4.78 is 4.91. The minimum absolute atomic E-state index is 0.308. The third-order valence-electron chi connectivity index (χ3n) is 3.58. The van der Waals surface area contributed by atoms with Gasteiger partial charge in [-0.15, -0.1) is 0 Å². The summed E-state index contributed by atoms with van der Waals surface area (Å²) >= 11 is 6.29. The maximum Gasteiger partial charge on any atom is 0.258 e. The number of nitrogens with zero attached hydrogens (tertiary/aromatic N) is 2. The van der Waals surface area contributed by atoms with E-state index in [-0.39, 0.29) is 5.91 Å². The number of hydrogen-bond acceptors (Lipinski definition) is 5.